The molecule has 0 aromatic carbocycles. The van der Waals surface area contributed by atoms with E-state index >= 15 is 0 Å². The van der Waals surface area contributed by atoms with Gasteiger partial charge in [0.15, 0.2) is 0 Å². The Morgan fingerprint density at radius 3 is 2.74 bits per heavy atom. The highest BCUT2D eigenvalue weighted by Gasteiger charge is 2.31. The van der Waals surface area contributed by atoms with Gasteiger partial charge in [0, 0.05) is 31.6 Å². The summed E-state index contributed by atoms with van der Waals surface area (Å²) in [5, 5.41) is 3.83. The molecule has 1 aliphatic carbocycles. The van der Waals surface area contributed by atoms with Crippen LogP contribution in [0.25, 0.3) is 0 Å². The minimum Gasteiger partial charge on any atom is -0.311 e. The first-order valence-electron chi connectivity index (χ1n) is 8.26. The Morgan fingerprint density at radius 2 is 2.05 bits per heavy atom. The van der Waals surface area contributed by atoms with Crippen molar-refractivity contribution in [1.29, 1.82) is 0 Å². The quantitative estimate of drug-likeness (QED) is 0.605. The molecule has 2 heteroatoms. The van der Waals surface area contributed by atoms with Gasteiger partial charge in [-0.25, -0.2) is 0 Å². The van der Waals surface area contributed by atoms with Crippen LogP contribution in [0.2, 0.25) is 0 Å². The number of hydrogen-bond acceptors (Lipinski definition) is 2. The van der Waals surface area contributed by atoms with E-state index in [2.05, 4.69) is 23.1 Å². The summed E-state index contributed by atoms with van der Waals surface area (Å²) in [4.78, 5) is 2.70. The normalized spacial score (nSPS) is 30.1. The molecule has 2 rings (SSSR count). The van der Waals surface area contributed by atoms with Crippen LogP contribution in [0.3, 0.4) is 0 Å². The van der Waals surface area contributed by atoms with Crippen LogP contribution in [0.1, 0.15) is 58.3 Å². The van der Waals surface area contributed by atoms with Crippen molar-refractivity contribution >= 4 is 0 Å². The van der Waals surface area contributed by atoms with Crippen molar-refractivity contribution < 1.29 is 0 Å². The van der Waals surface area contributed by atoms with E-state index in [0.717, 1.165) is 30.8 Å². The predicted octanol–water partition coefficient (Wildman–Crippen LogP) is 3.03. The second-order valence-electron chi connectivity index (χ2n) is 6.28. The van der Waals surface area contributed by atoms with Crippen molar-refractivity contribution in [3.05, 3.63) is 0 Å². The smallest absolute Gasteiger partial charge is 0.0224 e. The average molecular weight is 262 g/mol. The molecule has 2 aliphatic rings. The molecule has 1 aliphatic heterocycles. The van der Waals surface area contributed by atoms with Gasteiger partial charge in [-0.1, -0.05) is 26.2 Å². The Hall–Kier alpha value is -0.520. The highest BCUT2D eigenvalue weighted by Crippen LogP contribution is 2.28. The molecule has 2 atom stereocenters. The molecule has 0 spiro atoms. The lowest BCUT2D eigenvalue weighted by Gasteiger charge is -2.43. The zero-order valence-corrected chi connectivity index (χ0v) is 12.5. The summed E-state index contributed by atoms with van der Waals surface area (Å²) < 4.78 is 0. The van der Waals surface area contributed by atoms with Crippen LogP contribution >= 0.6 is 0 Å². The largest absolute Gasteiger partial charge is 0.311 e. The van der Waals surface area contributed by atoms with Gasteiger partial charge in [-0.15, -0.1) is 12.3 Å². The van der Waals surface area contributed by atoms with Gasteiger partial charge in [-0.3, -0.25) is 4.90 Å². The highest BCUT2D eigenvalue weighted by atomic mass is 15.2. The van der Waals surface area contributed by atoms with Crippen molar-refractivity contribution in [1.82, 2.24) is 10.2 Å². The van der Waals surface area contributed by atoms with Gasteiger partial charge in [0.1, 0.15) is 0 Å². The molecule has 2 nitrogen and oxygen atoms in total. The molecule has 108 valence electrons. The SMILES string of the molecule is C#CCCCN1CC(C2CCCCC2)NCC1CC. The van der Waals surface area contributed by atoms with E-state index in [1.165, 1.54) is 58.2 Å². The predicted molar refractivity (Wildman–Crippen MR) is 82.1 cm³/mol. The summed E-state index contributed by atoms with van der Waals surface area (Å²) >= 11 is 0. The third-order valence-electron chi connectivity index (χ3n) is 5.02. The lowest BCUT2D eigenvalue weighted by Crippen LogP contribution is -2.58. The van der Waals surface area contributed by atoms with Gasteiger partial charge in [0.25, 0.3) is 0 Å². The monoisotopic (exact) mass is 262 g/mol. The molecule has 2 unspecified atom stereocenters. The molecule has 19 heavy (non-hydrogen) atoms. The van der Waals surface area contributed by atoms with Crippen molar-refractivity contribution in [2.45, 2.75) is 70.4 Å². The number of nitrogens with one attached hydrogen (secondary N) is 1. The minimum absolute atomic E-state index is 0.720. The zero-order chi connectivity index (χ0) is 13.5. The summed E-state index contributed by atoms with van der Waals surface area (Å²) in [5.74, 6) is 3.69. The van der Waals surface area contributed by atoms with Gasteiger partial charge >= 0.3 is 0 Å². The molecule has 2 fully saturated rings. The maximum Gasteiger partial charge on any atom is 0.0224 e. The summed E-state index contributed by atoms with van der Waals surface area (Å²) in [6.45, 7) is 5.91. The van der Waals surface area contributed by atoms with Gasteiger partial charge in [0.05, 0.1) is 0 Å². The van der Waals surface area contributed by atoms with E-state index in [9.17, 15) is 0 Å². The molecule has 1 N–H and O–H groups in total. The maximum atomic E-state index is 5.37. The first-order chi connectivity index (χ1) is 9.35. The lowest BCUT2D eigenvalue weighted by molar-refractivity contribution is 0.0929. The fraction of sp³-hybridized carbons (Fsp3) is 0.882. The third-order valence-corrected chi connectivity index (χ3v) is 5.02. The molecule has 0 radical (unpaired) electrons. The molecule has 0 bridgehead atoms. The Bertz CT molecular complexity index is 288. The van der Waals surface area contributed by atoms with Crippen LogP contribution < -0.4 is 5.32 Å². The Morgan fingerprint density at radius 1 is 1.26 bits per heavy atom. The fourth-order valence-electron chi connectivity index (χ4n) is 3.80. The summed E-state index contributed by atoms with van der Waals surface area (Å²) in [6, 6.07) is 1.45. The van der Waals surface area contributed by atoms with E-state index in [1.807, 2.05) is 0 Å². The molecule has 1 saturated carbocycles. The van der Waals surface area contributed by atoms with Crippen LogP contribution in [0.4, 0.5) is 0 Å². The van der Waals surface area contributed by atoms with E-state index in [-0.39, 0.29) is 0 Å². The summed E-state index contributed by atoms with van der Waals surface area (Å²) in [5.41, 5.74) is 0. The Kier molecular flexibility index (Phi) is 6.20. The first kappa shape index (κ1) is 14.9. The molecule has 0 aromatic heterocycles. The minimum atomic E-state index is 0.720. The van der Waals surface area contributed by atoms with Crippen LogP contribution in [0.15, 0.2) is 0 Å². The molecular weight excluding hydrogens is 232 g/mol. The van der Waals surface area contributed by atoms with Crippen molar-refractivity contribution in [2.24, 2.45) is 5.92 Å². The maximum absolute atomic E-state index is 5.37. The van der Waals surface area contributed by atoms with E-state index in [1.54, 1.807) is 0 Å². The number of piperazine rings is 1. The van der Waals surface area contributed by atoms with Crippen molar-refractivity contribution in [2.75, 3.05) is 19.6 Å². The van der Waals surface area contributed by atoms with Crippen LogP contribution in [-0.2, 0) is 0 Å². The Balaban J connectivity index is 1.85. The van der Waals surface area contributed by atoms with Crippen LogP contribution in [0, 0.1) is 18.3 Å². The van der Waals surface area contributed by atoms with E-state index in [0.29, 0.717) is 0 Å². The molecule has 0 amide bonds. The molecule has 1 saturated heterocycles. The standard InChI is InChI=1S/C17H30N2/c1-3-5-9-12-19-14-17(18-13-16(19)4-2)15-10-7-6-8-11-15/h1,15-18H,4-14H2,2H3. The van der Waals surface area contributed by atoms with Crippen molar-refractivity contribution in [3.63, 3.8) is 0 Å². The average Bonchev–Trinajstić information content (AvgIpc) is 2.48. The second-order valence-corrected chi connectivity index (χ2v) is 6.28. The number of terminal acetylenes is 1. The summed E-state index contributed by atoms with van der Waals surface area (Å²) in [6.07, 6.45) is 15.9. The third kappa shape index (κ3) is 4.23. The molecular formula is C17H30N2. The molecule has 0 aromatic rings. The van der Waals surface area contributed by atoms with Gasteiger partial charge in [-0.05, 0) is 38.1 Å². The van der Waals surface area contributed by atoms with Gasteiger partial charge in [-0.2, -0.15) is 0 Å². The number of unbranched alkanes of at least 4 members (excludes halogenated alkanes) is 1. The molecule has 1 heterocycles. The van der Waals surface area contributed by atoms with E-state index in [4.69, 9.17) is 6.42 Å². The van der Waals surface area contributed by atoms with Crippen LogP contribution in [0.5, 0.6) is 0 Å². The van der Waals surface area contributed by atoms with Crippen LogP contribution in [-0.4, -0.2) is 36.6 Å². The number of nitrogens with zero attached hydrogens (tertiary/aromatic N) is 1. The second kappa shape index (κ2) is 7.92. The van der Waals surface area contributed by atoms with E-state index < -0.39 is 0 Å². The Labute approximate surface area is 119 Å². The lowest BCUT2D eigenvalue weighted by atomic mass is 9.82. The number of rotatable bonds is 5. The zero-order valence-electron chi connectivity index (χ0n) is 12.5. The highest BCUT2D eigenvalue weighted by molar-refractivity contribution is 4.91. The van der Waals surface area contributed by atoms with Gasteiger partial charge < -0.3 is 5.32 Å². The summed E-state index contributed by atoms with van der Waals surface area (Å²) in [7, 11) is 0. The number of hydrogen-bond donors (Lipinski definition) is 1. The fourth-order valence-corrected chi connectivity index (χ4v) is 3.80. The van der Waals surface area contributed by atoms with Crippen molar-refractivity contribution in [3.8, 4) is 12.3 Å². The van der Waals surface area contributed by atoms with Gasteiger partial charge in [0.2, 0.25) is 0 Å². The first-order valence-corrected chi connectivity index (χ1v) is 8.26. The topological polar surface area (TPSA) is 15.3 Å².